The Balaban J connectivity index is 1.73. The van der Waals surface area contributed by atoms with E-state index in [1.807, 2.05) is 18.7 Å². The molecule has 1 aliphatic heterocycles. The average molecular weight is 416 g/mol. The van der Waals surface area contributed by atoms with Crippen LogP contribution in [-0.2, 0) is 11.3 Å². The first-order chi connectivity index (χ1) is 14.5. The highest BCUT2D eigenvalue weighted by Gasteiger charge is 2.19. The summed E-state index contributed by atoms with van der Waals surface area (Å²) in [5.74, 6) is 1.66. The summed E-state index contributed by atoms with van der Waals surface area (Å²) in [5.41, 5.74) is 2.72. The van der Waals surface area contributed by atoms with Crippen molar-refractivity contribution >= 4 is 11.9 Å². The van der Waals surface area contributed by atoms with E-state index in [0.717, 1.165) is 51.8 Å². The zero-order valence-corrected chi connectivity index (χ0v) is 19.4. The van der Waals surface area contributed by atoms with Gasteiger partial charge in [-0.1, -0.05) is 29.8 Å². The zero-order chi connectivity index (χ0) is 21.8. The van der Waals surface area contributed by atoms with Crippen LogP contribution in [0.15, 0.2) is 29.3 Å². The number of guanidine groups is 1. The molecular weight excluding hydrogens is 374 g/mol. The van der Waals surface area contributed by atoms with Crippen LogP contribution < -0.4 is 10.6 Å². The van der Waals surface area contributed by atoms with E-state index in [-0.39, 0.29) is 5.91 Å². The number of carbonyl (C=O) groups excluding carboxylic acids is 1. The number of amides is 1. The molecule has 6 nitrogen and oxygen atoms in total. The second kappa shape index (κ2) is 13.3. The van der Waals surface area contributed by atoms with Crippen molar-refractivity contribution in [1.82, 2.24) is 20.4 Å². The van der Waals surface area contributed by atoms with E-state index >= 15 is 0 Å². The van der Waals surface area contributed by atoms with Gasteiger partial charge in [-0.3, -0.25) is 14.7 Å². The minimum Gasteiger partial charge on any atom is -0.357 e. The van der Waals surface area contributed by atoms with Crippen LogP contribution >= 0.6 is 0 Å². The summed E-state index contributed by atoms with van der Waals surface area (Å²) in [7, 11) is 0. The van der Waals surface area contributed by atoms with Crippen LogP contribution in [0, 0.1) is 12.8 Å². The van der Waals surface area contributed by atoms with Gasteiger partial charge in [0.05, 0.1) is 0 Å². The van der Waals surface area contributed by atoms with Crippen molar-refractivity contribution in [3.8, 4) is 0 Å². The summed E-state index contributed by atoms with van der Waals surface area (Å²) in [6, 6.07) is 8.87. The predicted molar refractivity (Wildman–Crippen MR) is 126 cm³/mol. The van der Waals surface area contributed by atoms with Gasteiger partial charge in [-0.05, 0) is 65.1 Å². The first-order valence-corrected chi connectivity index (χ1v) is 11.6. The van der Waals surface area contributed by atoms with Gasteiger partial charge in [0.15, 0.2) is 5.96 Å². The van der Waals surface area contributed by atoms with Crippen LogP contribution in [0.2, 0.25) is 0 Å². The minimum atomic E-state index is 0.198. The van der Waals surface area contributed by atoms with Crippen molar-refractivity contribution in [2.75, 3.05) is 45.8 Å². The summed E-state index contributed by atoms with van der Waals surface area (Å²) >= 11 is 0. The van der Waals surface area contributed by atoms with Gasteiger partial charge in [-0.25, -0.2) is 0 Å². The van der Waals surface area contributed by atoms with Gasteiger partial charge in [-0.15, -0.1) is 0 Å². The number of aryl methyl sites for hydroxylation is 1. The lowest BCUT2D eigenvalue weighted by molar-refractivity contribution is -0.130. The number of hydrogen-bond donors (Lipinski definition) is 2. The lowest BCUT2D eigenvalue weighted by atomic mass is 9.96. The number of carbonyl (C=O) groups is 1. The maximum atomic E-state index is 12.1. The largest absolute Gasteiger partial charge is 0.357 e. The predicted octanol–water partition coefficient (Wildman–Crippen LogP) is 3.02. The summed E-state index contributed by atoms with van der Waals surface area (Å²) < 4.78 is 0. The highest BCUT2D eigenvalue weighted by Crippen LogP contribution is 2.19. The average Bonchev–Trinajstić information content (AvgIpc) is 2.75. The molecule has 6 heteroatoms. The summed E-state index contributed by atoms with van der Waals surface area (Å²) in [6.45, 7) is 15.4. The summed E-state index contributed by atoms with van der Waals surface area (Å²) in [4.78, 5) is 21.4. The van der Waals surface area contributed by atoms with Crippen molar-refractivity contribution < 1.29 is 4.79 Å². The monoisotopic (exact) mass is 415 g/mol. The van der Waals surface area contributed by atoms with E-state index in [4.69, 9.17) is 4.99 Å². The number of aliphatic imine (C=N–C) groups is 1. The van der Waals surface area contributed by atoms with Crippen molar-refractivity contribution in [1.29, 1.82) is 0 Å². The molecule has 1 aliphatic rings. The Hall–Kier alpha value is -2.08. The Morgan fingerprint density at radius 2 is 1.77 bits per heavy atom. The number of hydrogen-bond acceptors (Lipinski definition) is 3. The Morgan fingerprint density at radius 1 is 1.10 bits per heavy atom. The van der Waals surface area contributed by atoms with Crippen molar-refractivity contribution in [2.24, 2.45) is 10.9 Å². The van der Waals surface area contributed by atoms with Gasteiger partial charge < -0.3 is 15.5 Å². The molecule has 2 N–H and O–H groups in total. The molecule has 30 heavy (non-hydrogen) atoms. The van der Waals surface area contributed by atoms with Gasteiger partial charge >= 0.3 is 0 Å². The number of piperidine rings is 1. The molecule has 0 radical (unpaired) electrons. The molecule has 1 amide bonds. The third-order valence-electron chi connectivity index (χ3n) is 5.83. The van der Waals surface area contributed by atoms with Crippen LogP contribution in [-0.4, -0.2) is 67.5 Å². The van der Waals surface area contributed by atoms with E-state index in [1.54, 1.807) is 0 Å². The van der Waals surface area contributed by atoms with Crippen LogP contribution in [0.25, 0.3) is 0 Å². The molecule has 2 rings (SSSR count). The van der Waals surface area contributed by atoms with Crippen molar-refractivity contribution in [2.45, 2.75) is 53.5 Å². The molecule has 1 fully saturated rings. The molecule has 1 heterocycles. The molecule has 1 aromatic rings. The van der Waals surface area contributed by atoms with Crippen LogP contribution in [0.4, 0.5) is 0 Å². The van der Waals surface area contributed by atoms with Crippen LogP contribution in [0.5, 0.6) is 0 Å². The normalized spacial score (nSPS) is 15.8. The molecule has 0 bridgehead atoms. The van der Waals surface area contributed by atoms with Gasteiger partial charge in [0.25, 0.3) is 0 Å². The molecule has 0 saturated carbocycles. The molecule has 168 valence electrons. The van der Waals surface area contributed by atoms with Crippen LogP contribution in [0.3, 0.4) is 0 Å². The minimum absolute atomic E-state index is 0.198. The van der Waals surface area contributed by atoms with Gasteiger partial charge in [0.1, 0.15) is 0 Å². The smallest absolute Gasteiger partial charge is 0.224 e. The molecular formula is C24H41N5O. The Kier molecular flexibility index (Phi) is 10.7. The lowest BCUT2D eigenvalue weighted by Crippen LogP contribution is -2.40. The fourth-order valence-electron chi connectivity index (χ4n) is 3.86. The second-order valence-electron chi connectivity index (χ2n) is 8.17. The number of rotatable bonds is 10. The first-order valence-electron chi connectivity index (χ1n) is 11.6. The first kappa shape index (κ1) is 24.2. The molecule has 0 spiro atoms. The van der Waals surface area contributed by atoms with Gasteiger partial charge in [-0.2, -0.15) is 0 Å². The van der Waals surface area contributed by atoms with E-state index < -0.39 is 0 Å². The fraction of sp³-hybridized carbons (Fsp3) is 0.667. The Bertz CT molecular complexity index is 646. The summed E-state index contributed by atoms with van der Waals surface area (Å²) in [6.07, 6.45) is 2.88. The van der Waals surface area contributed by atoms with E-state index in [1.165, 1.54) is 24.0 Å². The number of nitrogens with one attached hydrogen (secondary N) is 2. The Labute approximate surface area is 183 Å². The zero-order valence-electron chi connectivity index (χ0n) is 19.4. The molecule has 0 atom stereocenters. The summed E-state index contributed by atoms with van der Waals surface area (Å²) in [5, 5.41) is 6.62. The van der Waals surface area contributed by atoms with E-state index in [0.29, 0.717) is 18.9 Å². The fourth-order valence-corrected chi connectivity index (χ4v) is 3.86. The lowest BCUT2D eigenvalue weighted by Gasteiger charge is -2.31. The third-order valence-corrected chi connectivity index (χ3v) is 5.83. The molecule has 1 saturated heterocycles. The molecule has 0 aromatic heterocycles. The molecule has 1 aromatic carbocycles. The number of benzene rings is 1. The Morgan fingerprint density at radius 3 is 2.37 bits per heavy atom. The van der Waals surface area contributed by atoms with Crippen molar-refractivity contribution in [3.05, 3.63) is 35.4 Å². The van der Waals surface area contributed by atoms with Gasteiger partial charge in [0.2, 0.25) is 5.91 Å². The quantitative estimate of drug-likeness (QED) is 0.456. The second-order valence-corrected chi connectivity index (χ2v) is 8.17. The highest BCUT2D eigenvalue weighted by molar-refractivity contribution is 5.81. The standard InChI is InChI=1S/C24H41N5O/c1-5-25-24(26-15-12-23(30)29(6-2)7-3)27-18-21-13-16-28(17-14-21)19-22-10-8-20(4)9-11-22/h8-11,21H,5-7,12-19H2,1-4H3,(H2,25,26,27). The molecule has 0 unspecified atom stereocenters. The SMILES string of the molecule is CCNC(=NCC1CCN(Cc2ccc(C)cc2)CC1)NCCC(=O)N(CC)CC. The topological polar surface area (TPSA) is 60.0 Å². The molecule has 0 aliphatic carbocycles. The maximum absolute atomic E-state index is 12.1. The highest BCUT2D eigenvalue weighted by atomic mass is 16.2. The number of likely N-dealkylation sites (tertiary alicyclic amines) is 1. The van der Waals surface area contributed by atoms with Crippen LogP contribution in [0.1, 0.15) is 51.2 Å². The van der Waals surface area contributed by atoms with Crippen molar-refractivity contribution in [3.63, 3.8) is 0 Å². The number of nitrogens with zero attached hydrogens (tertiary/aromatic N) is 3. The van der Waals surface area contributed by atoms with E-state index in [2.05, 4.69) is 53.6 Å². The van der Waals surface area contributed by atoms with E-state index in [9.17, 15) is 4.79 Å². The van der Waals surface area contributed by atoms with Gasteiger partial charge in [0, 0.05) is 45.7 Å². The third kappa shape index (κ3) is 8.34. The maximum Gasteiger partial charge on any atom is 0.224 e.